The number of amides is 1. The maximum absolute atomic E-state index is 12.1. The van der Waals surface area contributed by atoms with Crippen molar-refractivity contribution in [2.45, 2.75) is 39.3 Å². The van der Waals surface area contributed by atoms with Crippen LogP contribution in [0.5, 0.6) is 0 Å². The summed E-state index contributed by atoms with van der Waals surface area (Å²) in [7, 11) is 1.33. The molecule has 0 N–H and O–H groups in total. The van der Waals surface area contributed by atoms with Gasteiger partial charge in [-0.1, -0.05) is 0 Å². The zero-order valence-electron chi connectivity index (χ0n) is 12.9. The highest BCUT2D eigenvalue weighted by Gasteiger charge is 2.26. The first-order valence-electron chi connectivity index (χ1n) is 6.92. The molecular formula is C14H21N3O4. The van der Waals surface area contributed by atoms with Crippen molar-refractivity contribution in [3.8, 4) is 0 Å². The number of nitrogens with zero attached hydrogens (tertiary/aromatic N) is 3. The van der Waals surface area contributed by atoms with Gasteiger partial charge in [0.15, 0.2) is 5.69 Å². The van der Waals surface area contributed by atoms with Crippen LogP contribution in [0.1, 0.15) is 37.0 Å². The number of fused-ring (bicyclic) bond motifs is 1. The SMILES string of the molecule is COC(=O)c1ncn2c1CCN(C(=O)OC(C)(C)C)CC2. The van der Waals surface area contributed by atoms with Crippen LogP contribution in [-0.4, -0.2) is 52.3 Å². The van der Waals surface area contributed by atoms with Crippen LogP contribution in [0.3, 0.4) is 0 Å². The van der Waals surface area contributed by atoms with E-state index in [2.05, 4.69) is 4.98 Å². The molecule has 1 aromatic rings. The standard InChI is InChI=1S/C14H21N3O4/c1-14(2,3)21-13(19)16-6-5-10-11(12(18)20-4)15-9-17(10)8-7-16/h9H,5-8H2,1-4H3. The average Bonchev–Trinajstić information content (AvgIpc) is 2.67. The van der Waals surface area contributed by atoms with Crippen LogP contribution in [0.4, 0.5) is 4.79 Å². The lowest BCUT2D eigenvalue weighted by atomic mass is 10.2. The van der Waals surface area contributed by atoms with E-state index < -0.39 is 11.6 Å². The molecule has 0 aliphatic carbocycles. The maximum atomic E-state index is 12.1. The molecule has 2 heterocycles. The first-order chi connectivity index (χ1) is 9.81. The predicted molar refractivity (Wildman–Crippen MR) is 75.1 cm³/mol. The summed E-state index contributed by atoms with van der Waals surface area (Å²) in [6.45, 7) is 7.12. The van der Waals surface area contributed by atoms with Gasteiger partial charge in [-0.05, 0) is 20.8 Å². The third kappa shape index (κ3) is 3.53. The number of carbonyl (C=O) groups is 2. The molecule has 0 saturated carbocycles. The minimum atomic E-state index is -0.516. The number of hydrogen-bond donors (Lipinski definition) is 0. The Morgan fingerprint density at radius 2 is 1.95 bits per heavy atom. The monoisotopic (exact) mass is 295 g/mol. The van der Waals surface area contributed by atoms with E-state index >= 15 is 0 Å². The van der Waals surface area contributed by atoms with Gasteiger partial charge in [-0.15, -0.1) is 0 Å². The number of ether oxygens (including phenoxy) is 2. The van der Waals surface area contributed by atoms with Crippen molar-refractivity contribution >= 4 is 12.1 Å². The van der Waals surface area contributed by atoms with Gasteiger partial charge in [0, 0.05) is 26.1 Å². The molecular weight excluding hydrogens is 274 g/mol. The summed E-state index contributed by atoms with van der Waals surface area (Å²) in [6, 6.07) is 0. The number of carbonyl (C=O) groups excluding carboxylic acids is 2. The lowest BCUT2D eigenvalue weighted by molar-refractivity contribution is 0.0254. The molecule has 0 atom stereocenters. The van der Waals surface area contributed by atoms with Gasteiger partial charge < -0.3 is 18.9 Å². The first kappa shape index (κ1) is 15.3. The summed E-state index contributed by atoms with van der Waals surface area (Å²) in [5.41, 5.74) is 0.605. The zero-order chi connectivity index (χ0) is 15.6. The molecule has 0 bridgehead atoms. The molecule has 7 heteroatoms. The molecule has 1 aromatic heterocycles. The minimum Gasteiger partial charge on any atom is -0.464 e. The lowest BCUT2D eigenvalue weighted by Gasteiger charge is -2.26. The maximum Gasteiger partial charge on any atom is 0.410 e. The fraction of sp³-hybridized carbons (Fsp3) is 0.643. The van der Waals surface area contributed by atoms with Gasteiger partial charge in [0.1, 0.15) is 5.60 Å². The fourth-order valence-corrected chi connectivity index (χ4v) is 2.22. The molecule has 1 amide bonds. The second-order valence-corrected chi connectivity index (χ2v) is 5.94. The van der Waals surface area contributed by atoms with Crippen molar-refractivity contribution in [3.63, 3.8) is 0 Å². The van der Waals surface area contributed by atoms with Crippen LogP contribution < -0.4 is 0 Å². The van der Waals surface area contributed by atoms with Crippen molar-refractivity contribution in [3.05, 3.63) is 17.7 Å². The summed E-state index contributed by atoms with van der Waals surface area (Å²) in [5.74, 6) is -0.450. The number of methoxy groups -OCH3 is 1. The third-order valence-electron chi connectivity index (χ3n) is 3.21. The molecule has 0 aromatic carbocycles. The summed E-state index contributed by atoms with van der Waals surface area (Å²) < 4.78 is 12.0. The highest BCUT2D eigenvalue weighted by atomic mass is 16.6. The van der Waals surface area contributed by atoms with Crippen molar-refractivity contribution in [2.75, 3.05) is 20.2 Å². The van der Waals surface area contributed by atoms with Gasteiger partial charge in [0.2, 0.25) is 0 Å². The quantitative estimate of drug-likeness (QED) is 0.733. The number of imidazole rings is 1. The van der Waals surface area contributed by atoms with E-state index in [0.717, 1.165) is 5.69 Å². The van der Waals surface area contributed by atoms with E-state index in [1.807, 2.05) is 25.3 Å². The van der Waals surface area contributed by atoms with Crippen molar-refractivity contribution < 1.29 is 19.1 Å². The van der Waals surface area contributed by atoms with E-state index in [1.165, 1.54) is 7.11 Å². The van der Waals surface area contributed by atoms with E-state index in [0.29, 0.717) is 31.7 Å². The van der Waals surface area contributed by atoms with Crippen LogP contribution in [0, 0.1) is 0 Å². The summed E-state index contributed by atoms with van der Waals surface area (Å²) in [6.07, 6.45) is 1.82. The van der Waals surface area contributed by atoms with Gasteiger partial charge in [-0.2, -0.15) is 0 Å². The molecule has 1 aliphatic rings. The molecule has 0 spiro atoms. The smallest absolute Gasteiger partial charge is 0.410 e. The zero-order valence-corrected chi connectivity index (χ0v) is 12.9. The molecule has 2 rings (SSSR count). The van der Waals surface area contributed by atoms with Gasteiger partial charge in [0.05, 0.1) is 19.1 Å². The van der Waals surface area contributed by atoms with E-state index in [1.54, 1.807) is 11.2 Å². The second kappa shape index (κ2) is 5.75. The van der Waals surface area contributed by atoms with Crippen LogP contribution in [0.25, 0.3) is 0 Å². The highest BCUT2D eigenvalue weighted by molar-refractivity contribution is 5.88. The molecule has 0 radical (unpaired) electrons. The Morgan fingerprint density at radius 1 is 1.24 bits per heavy atom. The normalized spacial score (nSPS) is 15.1. The number of aromatic nitrogens is 2. The Labute approximate surface area is 123 Å². The molecule has 1 aliphatic heterocycles. The summed E-state index contributed by atoms with van der Waals surface area (Å²) in [4.78, 5) is 29.5. The fourth-order valence-electron chi connectivity index (χ4n) is 2.22. The molecule has 0 fully saturated rings. The van der Waals surface area contributed by atoms with Gasteiger partial charge >= 0.3 is 12.1 Å². The van der Waals surface area contributed by atoms with Gasteiger partial charge in [-0.25, -0.2) is 14.6 Å². The van der Waals surface area contributed by atoms with Crippen LogP contribution in [0.2, 0.25) is 0 Å². The average molecular weight is 295 g/mol. The highest BCUT2D eigenvalue weighted by Crippen LogP contribution is 2.16. The molecule has 0 unspecified atom stereocenters. The Hall–Kier alpha value is -2.05. The molecule has 0 saturated heterocycles. The van der Waals surface area contributed by atoms with Crippen LogP contribution in [0.15, 0.2) is 6.33 Å². The van der Waals surface area contributed by atoms with Gasteiger partial charge in [0.25, 0.3) is 0 Å². The minimum absolute atomic E-state index is 0.323. The predicted octanol–water partition coefficient (Wildman–Crippen LogP) is 1.46. The Morgan fingerprint density at radius 3 is 2.57 bits per heavy atom. The summed E-state index contributed by atoms with van der Waals surface area (Å²) >= 11 is 0. The van der Waals surface area contributed by atoms with Crippen molar-refractivity contribution in [1.82, 2.24) is 14.5 Å². The van der Waals surface area contributed by atoms with Crippen molar-refractivity contribution in [2.24, 2.45) is 0 Å². The Bertz CT molecular complexity index is 545. The number of esters is 1. The number of hydrogen-bond acceptors (Lipinski definition) is 5. The molecule has 7 nitrogen and oxygen atoms in total. The van der Waals surface area contributed by atoms with E-state index in [-0.39, 0.29) is 6.09 Å². The lowest BCUT2D eigenvalue weighted by Crippen LogP contribution is -2.38. The third-order valence-corrected chi connectivity index (χ3v) is 3.21. The second-order valence-electron chi connectivity index (χ2n) is 5.94. The Kier molecular flexibility index (Phi) is 4.20. The van der Waals surface area contributed by atoms with E-state index in [9.17, 15) is 9.59 Å². The van der Waals surface area contributed by atoms with Crippen LogP contribution >= 0.6 is 0 Å². The van der Waals surface area contributed by atoms with E-state index in [4.69, 9.17) is 9.47 Å². The summed E-state index contributed by atoms with van der Waals surface area (Å²) in [5, 5.41) is 0. The molecule has 21 heavy (non-hydrogen) atoms. The van der Waals surface area contributed by atoms with Crippen LogP contribution in [-0.2, 0) is 22.4 Å². The number of rotatable bonds is 1. The van der Waals surface area contributed by atoms with Gasteiger partial charge in [-0.3, -0.25) is 0 Å². The topological polar surface area (TPSA) is 73.7 Å². The molecule has 116 valence electrons. The first-order valence-corrected chi connectivity index (χ1v) is 6.92. The Balaban J connectivity index is 2.09. The largest absolute Gasteiger partial charge is 0.464 e. The van der Waals surface area contributed by atoms with Crippen molar-refractivity contribution in [1.29, 1.82) is 0 Å².